The molecule has 0 saturated carbocycles. The summed E-state index contributed by atoms with van der Waals surface area (Å²) in [5, 5.41) is 10.5. The van der Waals surface area contributed by atoms with Gasteiger partial charge in [-0.3, -0.25) is 10.1 Å². The van der Waals surface area contributed by atoms with Crippen LogP contribution < -0.4 is 4.74 Å². The van der Waals surface area contributed by atoms with Crippen molar-refractivity contribution in [1.29, 1.82) is 0 Å². The highest BCUT2D eigenvalue weighted by Crippen LogP contribution is 2.48. The van der Waals surface area contributed by atoms with Crippen molar-refractivity contribution in [2.24, 2.45) is 0 Å². The Morgan fingerprint density at radius 3 is 1.95 bits per heavy atom. The van der Waals surface area contributed by atoms with E-state index >= 15 is 0 Å². The van der Waals surface area contributed by atoms with Gasteiger partial charge in [0.1, 0.15) is 5.56 Å². The number of benzene rings is 1. The lowest BCUT2D eigenvalue weighted by molar-refractivity contribution is -0.386. The second-order valence-corrected chi connectivity index (χ2v) is 3.29. The monoisotopic (exact) mass is 289 g/mol. The van der Waals surface area contributed by atoms with Crippen molar-refractivity contribution in [3.05, 3.63) is 33.4 Å². The molecule has 0 atom stereocenters. The molecule has 1 rings (SSSR count). The number of nitrogens with zero attached hydrogens (tertiary/aromatic N) is 1. The molecule has 4 nitrogen and oxygen atoms in total. The topological polar surface area (TPSA) is 52.4 Å². The highest BCUT2D eigenvalue weighted by atomic mass is 19.4. The number of halogens is 6. The van der Waals surface area contributed by atoms with E-state index < -0.39 is 39.8 Å². The van der Waals surface area contributed by atoms with Gasteiger partial charge in [0.2, 0.25) is 5.75 Å². The van der Waals surface area contributed by atoms with Crippen LogP contribution in [0.3, 0.4) is 0 Å². The molecule has 19 heavy (non-hydrogen) atoms. The van der Waals surface area contributed by atoms with Crippen molar-refractivity contribution in [2.45, 2.75) is 12.4 Å². The molecule has 10 heteroatoms. The summed E-state index contributed by atoms with van der Waals surface area (Å²) in [6.07, 6.45) is -10.8. The van der Waals surface area contributed by atoms with E-state index in [1.807, 2.05) is 0 Å². The highest BCUT2D eigenvalue weighted by molar-refractivity contribution is 5.57. The van der Waals surface area contributed by atoms with Gasteiger partial charge in [0.15, 0.2) is 0 Å². The zero-order valence-corrected chi connectivity index (χ0v) is 9.09. The fourth-order valence-corrected chi connectivity index (χ4v) is 1.44. The Bertz CT molecular complexity index is 508. The molecule has 0 spiro atoms. The van der Waals surface area contributed by atoms with Gasteiger partial charge in [0.05, 0.1) is 17.6 Å². The lowest BCUT2D eigenvalue weighted by atomic mass is 10.0. The van der Waals surface area contributed by atoms with Crippen molar-refractivity contribution in [2.75, 3.05) is 7.11 Å². The van der Waals surface area contributed by atoms with E-state index in [0.29, 0.717) is 13.2 Å². The maximum Gasteiger partial charge on any atom is 0.420 e. The van der Waals surface area contributed by atoms with Gasteiger partial charge < -0.3 is 4.74 Å². The fraction of sp³-hybridized carbons (Fsp3) is 0.333. The number of hydrogen-bond donors (Lipinski definition) is 0. The molecule has 0 aromatic heterocycles. The highest BCUT2D eigenvalue weighted by Gasteiger charge is 2.47. The van der Waals surface area contributed by atoms with Crippen molar-refractivity contribution >= 4 is 5.69 Å². The largest absolute Gasteiger partial charge is 0.490 e. The molecule has 0 unspecified atom stereocenters. The first-order valence-electron chi connectivity index (χ1n) is 4.50. The van der Waals surface area contributed by atoms with E-state index in [1.54, 1.807) is 0 Å². The van der Waals surface area contributed by atoms with E-state index in [9.17, 15) is 36.5 Å². The lowest BCUT2D eigenvalue weighted by Gasteiger charge is -2.18. The summed E-state index contributed by atoms with van der Waals surface area (Å²) >= 11 is 0. The second kappa shape index (κ2) is 4.59. The fourth-order valence-electron chi connectivity index (χ4n) is 1.44. The van der Waals surface area contributed by atoms with Crippen LogP contribution >= 0.6 is 0 Å². The molecular weight excluding hydrogens is 284 g/mol. The van der Waals surface area contributed by atoms with Gasteiger partial charge in [-0.05, 0) is 6.07 Å². The third-order valence-electron chi connectivity index (χ3n) is 2.13. The minimum atomic E-state index is -5.44. The smallest absolute Gasteiger partial charge is 0.420 e. The van der Waals surface area contributed by atoms with Gasteiger partial charge in [-0.1, -0.05) is 0 Å². The molecule has 0 heterocycles. The first-order valence-corrected chi connectivity index (χ1v) is 4.50. The molecule has 0 amide bonds. The molecule has 106 valence electrons. The zero-order chi connectivity index (χ0) is 15.0. The van der Waals surface area contributed by atoms with Crippen molar-refractivity contribution in [1.82, 2.24) is 0 Å². The third-order valence-corrected chi connectivity index (χ3v) is 2.13. The van der Waals surface area contributed by atoms with Gasteiger partial charge in [-0.15, -0.1) is 0 Å². The predicted octanol–water partition coefficient (Wildman–Crippen LogP) is 3.64. The molecule has 0 aliphatic rings. The number of hydrogen-bond acceptors (Lipinski definition) is 3. The van der Waals surface area contributed by atoms with Crippen LogP contribution in [-0.2, 0) is 12.4 Å². The van der Waals surface area contributed by atoms with Crippen molar-refractivity contribution < 1.29 is 36.0 Å². The Labute approximate surface area is 101 Å². The first kappa shape index (κ1) is 15.1. The Kier molecular flexibility index (Phi) is 3.64. The molecule has 0 saturated heterocycles. The molecule has 0 radical (unpaired) electrons. The predicted molar refractivity (Wildman–Crippen MR) is 49.7 cm³/mol. The van der Waals surface area contributed by atoms with Crippen LogP contribution in [0, 0.1) is 10.1 Å². The summed E-state index contributed by atoms with van der Waals surface area (Å²) in [5.74, 6) is -1.47. The van der Waals surface area contributed by atoms with Crippen LogP contribution in [0.25, 0.3) is 0 Å². The maximum absolute atomic E-state index is 12.7. The van der Waals surface area contributed by atoms with Crippen molar-refractivity contribution in [3.63, 3.8) is 0 Å². The molecule has 0 bridgehead atoms. The van der Waals surface area contributed by atoms with Crippen LogP contribution in [-0.4, -0.2) is 12.0 Å². The van der Waals surface area contributed by atoms with Crippen LogP contribution in [0.4, 0.5) is 32.0 Å². The van der Waals surface area contributed by atoms with Gasteiger partial charge in [-0.2, -0.15) is 26.3 Å². The number of nitro groups is 1. The Morgan fingerprint density at radius 2 is 1.63 bits per heavy atom. The van der Waals surface area contributed by atoms with E-state index in [0.717, 1.165) is 0 Å². The molecular formula is C9H5F6NO3. The number of nitro benzene ring substituents is 1. The summed E-state index contributed by atoms with van der Waals surface area (Å²) in [5.41, 5.74) is -5.44. The average Bonchev–Trinajstić information content (AvgIpc) is 2.24. The minimum absolute atomic E-state index is 0.00345. The SMILES string of the molecule is COc1c([N+](=O)[O-])ccc(C(F)(F)F)c1C(F)(F)F. The Morgan fingerprint density at radius 1 is 1.11 bits per heavy atom. The number of ether oxygens (including phenoxy) is 1. The van der Waals surface area contributed by atoms with Crippen LogP contribution in [0.1, 0.15) is 11.1 Å². The quantitative estimate of drug-likeness (QED) is 0.474. The van der Waals surface area contributed by atoms with Gasteiger partial charge in [0, 0.05) is 6.07 Å². The molecule has 0 aliphatic heterocycles. The standard InChI is InChI=1S/C9H5F6NO3/c1-19-7-5(16(17)18)3-2-4(8(10,11)12)6(7)9(13,14)15/h2-3H,1H3. The Balaban J connectivity index is 3.76. The van der Waals surface area contributed by atoms with E-state index in [4.69, 9.17) is 0 Å². The summed E-state index contributed by atoms with van der Waals surface area (Å²) in [7, 11) is 0.623. The number of methoxy groups -OCH3 is 1. The minimum Gasteiger partial charge on any atom is -0.490 e. The average molecular weight is 289 g/mol. The van der Waals surface area contributed by atoms with E-state index in [-0.39, 0.29) is 6.07 Å². The Hall–Kier alpha value is -2.00. The second-order valence-electron chi connectivity index (χ2n) is 3.29. The molecule has 1 aromatic carbocycles. The van der Waals surface area contributed by atoms with Crippen LogP contribution in [0.2, 0.25) is 0 Å². The van der Waals surface area contributed by atoms with Crippen molar-refractivity contribution in [3.8, 4) is 5.75 Å². The summed E-state index contributed by atoms with van der Waals surface area (Å²) in [4.78, 5) is 9.24. The summed E-state index contributed by atoms with van der Waals surface area (Å²) in [6, 6.07) is 0.320. The van der Waals surface area contributed by atoms with Crippen LogP contribution in [0.15, 0.2) is 12.1 Å². The molecule has 1 aromatic rings. The summed E-state index contributed by atoms with van der Waals surface area (Å²) < 4.78 is 79.6. The molecule has 0 aliphatic carbocycles. The summed E-state index contributed by atoms with van der Waals surface area (Å²) in [6.45, 7) is 0. The van der Waals surface area contributed by atoms with Gasteiger partial charge in [0.25, 0.3) is 0 Å². The zero-order valence-electron chi connectivity index (χ0n) is 9.09. The van der Waals surface area contributed by atoms with Gasteiger partial charge >= 0.3 is 18.0 Å². The van der Waals surface area contributed by atoms with E-state index in [2.05, 4.69) is 4.74 Å². The number of rotatable bonds is 2. The van der Waals surface area contributed by atoms with E-state index in [1.165, 1.54) is 0 Å². The molecule has 0 fully saturated rings. The molecule has 0 N–H and O–H groups in total. The van der Waals surface area contributed by atoms with Gasteiger partial charge in [-0.25, -0.2) is 0 Å². The third kappa shape index (κ3) is 2.88. The normalized spacial score (nSPS) is 12.4. The van der Waals surface area contributed by atoms with Crippen LogP contribution in [0.5, 0.6) is 5.75 Å². The number of alkyl halides is 6. The lowest BCUT2D eigenvalue weighted by Crippen LogP contribution is -2.18. The first-order chi connectivity index (χ1) is 8.50. The maximum atomic E-state index is 12.7.